The quantitative estimate of drug-likeness (QED) is 0.0675. The maximum atomic E-state index is 16.4. The topological polar surface area (TPSA) is 52.6 Å². The second-order valence-electron chi connectivity index (χ2n) is 12.3. The van der Waals surface area contributed by atoms with Crippen molar-refractivity contribution in [2.24, 2.45) is 0 Å². The summed E-state index contributed by atoms with van der Waals surface area (Å²) in [6.07, 6.45) is 25.8. The number of alkyl halides is 2. The normalized spacial score (nSPS) is 15.2. The van der Waals surface area contributed by atoms with Gasteiger partial charge in [0.2, 0.25) is 0 Å². The van der Waals surface area contributed by atoms with Crippen molar-refractivity contribution in [1.29, 1.82) is 0 Å². The van der Waals surface area contributed by atoms with E-state index in [1.165, 1.54) is 77.0 Å². The van der Waals surface area contributed by atoms with E-state index < -0.39 is 43.5 Å². The summed E-state index contributed by atoms with van der Waals surface area (Å²) in [7, 11) is 0. The van der Waals surface area contributed by atoms with Gasteiger partial charge in [-0.1, -0.05) is 39.5 Å². The third kappa shape index (κ3) is 17.5. The van der Waals surface area contributed by atoms with Crippen molar-refractivity contribution >= 4 is 31.1 Å². The first-order chi connectivity index (χ1) is 19.4. The van der Waals surface area contributed by atoms with Gasteiger partial charge in [0.25, 0.3) is 0 Å². The summed E-state index contributed by atoms with van der Waals surface area (Å²) in [5.41, 5.74) is -2.04. The van der Waals surface area contributed by atoms with Gasteiger partial charge in [0.1, 0.15) is 0 Å². The Kier molecular flexibility index (Phi) is 22.7. The molecule has 4 nitrogen and oxygen atoms in total. The number of hydrogen-bond donors (Lipinski definition) is 0. The van der Waals surface area contributed by atoms with Crippen molar-refractivity contribution in [3.8, 4) is 0 Å². The van der Waals surface area contributed by atoms with Crippen LogP contribution in [0.1, 0.15) is 174 Å². The predicted molar refractivity (Wildman–Crippen MR) is 164 cm³/mol. The molecule has 0 aliphatic carbocycles. The summed E-state index contributed by atoms with van der Waals surface area (Å²) in [5, 5.41) is 0. The van der Waals surface area contributed by atoms with Crippen LogP contribution in [0.2, 0.25) is 8.87 Å². The van der Waals surface area contributed by atoms with Crippen LogP contribution in [0.15, 0.2) is 0 Å². The van der Waals surface area contributed by atoms with Gasteiger partial charge in [0, 0.05) is 0 Å². The molecule has 0 aromatic carbocycles. The van der Waals surface area contributed by atoms with Gasteiger partial charge < -0.3 is 0 Å². The Morgan fingerprint density at radius 2 is 0.975 bits per heavy atom. The number of unbranched alkanes of at least 4 members (excludes halogenated alkanes) is 18. The first-order valence-electron chi connectivity index (χ1n) is 17.1. The molecule has 1 heterocycles. The van der Waals surface area contributed by atoms with E-state index in [1.807, 2.05) is 0 Å². The first kappa shape index (κ1) is 37.6. The molecule has 0 atom stereocenters. The Morgan fingerprint density at radius 1 is 0.600 bits per heavy atom. The maximum absolute atomic E-state index is 16.4. The van der Waals surface area contributed by atoms with Crippen molar-refractivity contribution < 1.29 is 24.5 Å². The van der Waals surface area contributed by atoms with Gasteiger partial charge in [0.15, 0.2) is 0 Å². The summed E-state index contributed by atoms with van der Waals surface area (Å²) in [4.78, 5) is 25.2. The number of carbonyl (C=O) groups excluding carboxylic acids is 2. The van der Waals surface area contributed by atoms with Gasteiger partial charge >= 0.3 is 212 Å². The minimum atomic E-state index is -4.18. The molecule has 236 valence electrons. The van der Waals surface area contributed by atoms with E-state index in [4.69, 9.17) is 6.15 Å². The SMILES string of the molecule is CCCCCCCCCCCCC(F)(CCCCCCCCCCCC)C(=O)[O][Sn]1([O]C(=O)CF)[CH2]CCC[CH2]1. The molecule has 1 aliphatic heterocycles. The Labute approximate surface area is 250 Å². The number of carbonyl (C=O) groups is 2. The van der Waals surface area contributed by atoms with E-state index in [0.717, 1.165) is 57.8 Å². The van der Waals surface area contributed by atoms with Crippen LogP contribution in [0.5, 0.6) is 0 Å². The van der Waals surface area contributed by atoms with Crippen molar-refractivity contribution in [2.45, 2.75) is 189 Å². The fourth-order valence-corrected chi connectivity index (χ4v) is 15.3. The predicted octanol–water partition coefficient (Wildman–Crippen LogP) is 11.0. The fraction of sp³-hybridized carbons (Fsp3) is 0.939. The number of halogens is 2. The molecular formula is C33H62F2O4Sn. The molecule has 0 radical (unpaired) electrons. The summed E-state index contributed by atoms with van der Waals surface area (Å²) < 4.78 is 41.7. The molecule has 0 bridgehead atoms. The van der Waals surface area contributed by atoms with Crippen LogP contribution >= 0.6 is 0 Å². The molecule has 0 aromatic heterocycles. The Balaban J connectivity index is 2.58. The number of rotatable bonds is 26. The number of hydrogen-bond acceptors (Lipinski definition) is 4. The second kappa shape index (κ2) is 24.1. The minimum absolute atomic E-state index is 0.165. The molecule has 0 saturated carbocycles. The van der Waals surface area contributed by atoms with Gasteiger partial charge in [0.05, 0.1) is 0 Å². The van der Waals surface area contributed by atoms with E-state index in [-0.39, 0.29) is 12.8 Å². The molecular weight excluding hydrogens is 617 g/mol. The standard InChI is InChI=1S/C26H51FO2.C5H10.C2H3FO2.Sn/c1-3-5-7-9-11-13-15-17-19-21-23-26(27,25(28)29)24-22-20-18-16-14-12-10-8-6-4-2;1-3-5-4-2;3-1-2(4)5;/h3-24H2,1-2H3,(H,28,29);1-5H2;1H2,(H,4,5);/q;;;+2/p-2. The van der Waals surface area contributed by atoms with Crippen LogP contribution in [-0.4, -0.2) is 43.5 Å². The van der Waals surface area contributed by atoms with Crippen LogP contribution in [0.25, 0.3) is 0 Å². The van der Waals surface area contributed by atoms with Crippen molar-refractivity contribution in [3.05, 3.63) is 0 Å². The third-order valence-electron chi connectivity index (χ3n) is 8.52. The summed E-state index contributed by atoms with van der Waals surface area (Å²) in [6.45, 7) is 3.23. The summed E-state index contributed by atoms with van der Waals surface area (Å²) >= 11 is -4.18. The Bertz CT molecular complexity index is 616. The monoisotopic (exact) mass is 680 g/mol. The van der Waals surface area contributed by atoms with Gasteiger partial charge in [-0.25, -0.2) is 0 Å². The molecule has 1 aliphatic rings. The van der Waals surface area contributed by atoms with Gasteiger partial charge in [-0.05, 0) is 0 Å². The van der Waals surface area contributed by atoms with Crippen LogP contribution in [-0.2, 0) is 15.7 Å². The fourth-order valence-electron chi connectivity index (χ4n) is 5.92. The second-order valence-corrected chi connectivity index (χ2v) is 21.5. The molecule has 0 N–H and O–H groups in total. The molecule has 7 heteroatoms. The van der Waals surface area contributed by atoms with E-state index in [0.29, 0.717) is 21.7 Å². The first-order valence-corrected chi connectivity index (χ1v) is 23.5. The summed E-state index contributed by atoms with van der Waals surface area (Å²) in [5.74, 6) is -1.79. The average Bonchev–Trinajstić information content (AvgIpc) is 2.95. The van der Waals surface area contributed by atoms with Gasteiger partial charge in [-0.15, -0.1) is 0 Å². The Morgan fingerprint density at radius 3 is 1.35 bits per heavy atom. The zero-order chi connectivity index (χ0) is 29.4. The van der Waals surface area contributed by atoms with Gasteiger partial charge in [-0.2, -0.15) is 0 Å². The third-order valence-corrected chi connectivity index (χ3v) is 18.2. The van der Waals surface area contributed by atoms with Crippen LogP contribution < -0.4 is 0 Å². The van der Waals surface area contributed by atoms with E-state index in [9.17, 15) is 14.0 Å². The van der Waals surface area contributed by atoms with Crippen molar-refractivity contribution in [3.63, 3.8) is 0 Å². The molecule has 0 aromatic rings. The van der Waals surface area contributed by atoms with E-state index in [1.54, 1.807) is 0 Å². The molecule has 0 spiro atoms. The van der Waals surface area contributed by atoms with Crippen molar-refractivity contribution in [2.75, 3.05) is 6.67 Å². The molecule has 40 heavy (non-hydrogen) atoms. The van der Waals surface area contributed by atoms with E-state index in [2.05, 4.69) is 13.8 Å². The zero-order valence-electron chi connectivity index (χ0n) is 26.2. The van der Waals surface area contributed by atoms with Crippen molar-refractivity contribution in [1.82, 2.24) is 0 Å². The van der Waals surface area contributed by atoms with Crippen LogP contribution in [0.3, 0.4) is 0 Å². The van der Waals surface area contributed by atoms with Gasteiger partial charge in [-0.3, -0.25) is 0 Å². The average molecular weight is 680 g/mol. The Hall–Kier alpha value is -0.401. The molecule has 1 saturated heterocycles. The summed E-state index contributed by atoms with van der Waals surface area (Å²) in [6, 6.07) is 0. The molecule has 1 rings (SSSR count). The van der Waals surface area contributed by atoms with Crippen LogP contribution in [0, 0.1) is 0 Å². The molecule has 0 unspecified atom stereocenters. The zero-order valence-corrected chi connectivity index (χ0v) is 29.0. The van der Waals surface area contributed by atoms with E-state index >= 15 is 4.39 Å². The molecule has 0 amide bonds. The van der Waals surface area contributed by atoms with Crippen LogP contribution in [0.4, 0.5) is 8.78 Å². The molecule has 1 fully saturated rings.